The van der Waals surface area contributed by atoms with Gasteiger partial charge in [0.05, 0.1) is 11.6 Å². The summed E-state index contributed by atoms with van der Waals surface area (Å²) in [4.78, 5) is 29.4. The van der Waals surface area contributed by atoms with Crippen molar-refractivity contribution in [2.24, 2.45) is 0 Å². The molecule has 0 aliphatic heterocycles. The summed E-state index contributed by atoms with van der Waals surface area (Å²) >= 11 is 1.07. The van der Waals surface area contributed by atoms with Crippen LogP contribution in [0, 0.1) is 0 Å². The SMILES string of the molecule is C[C@H](NC(=O)OCc1ccccc1)C(=O)Sc1cccc2cccnc12. The number of rotatable bonds is 5. The molecule has 0 bridgehead atoms. The van der Waals surface area contributed by atoms with Crippen LogP contribution in [0.25, 0.3) is 10.9 Å². The smallest absolute Gasteiger partial charge is 0.408 e. The van der Waals surface area contributed by atoms with Crippen LogP contribution in [0.3, 0.4) is 0 Å². The zero-order valence-corrected chi connectivity index (χ0v) is 15.0. The van der Waals surface area contributed by atoms with E-state index in [4.69, 9.17) is 4.74 Å². The minimum absolute atomic E-state index is 0.161. The van der Waals surface area contributed by atoms with Gasteiger partial charge in [-0.2, -0.15) is 0 Å². The molecule has 1 N–H and O–H groups in total. The molecule has 5 nitrogen and oxygen atoms in total. The van der Waals surface area contributed by atoms with Gasteiger partial charge in [-0.3, -0.25) is 9.78 Å². The predicted octanol–water partition coefficient (Wildman–Crippen LogP) is 4.17. The van der Waals surface area contributed by atoms with Crippen LogP contribution in [-0.4, -0.2) is 22.2 Å². The molecule has 3 aromatic rings. The van der Waals surface area contributed by atoms with Crippen LogP contribution in [0.1, 0.15) is 12.5 Å². The standard InChI is InChI=1S/C20H18N2O3S/c1-14(22-20(24)25-13-15-7-3-2-4-8-15)19(23)26-17-11-5-9-16-10-6-12-21-18(16)17/h2-12,14H,13H2,1H3,(H,22,24)/t14-/m0/s1. The summed E-state index contributed by atoms with van der Waals surface area (Å²) in [6.07, 6.45) is 1.07. The van der Waals surface area contributed by atoms with E-state index in [0.717, 1.165) is 33.1 Å². The second kappa shape index (κ2) is 8.49. The lowest BCUT2D eigenvalue weighted by Gasteiger charge is -2.13. The van der Waals surface area contributed by atoms with Crippen LogP contribution in [-0.2, 0) is 16.1 Å². The number of carbonyl (C=O) groups is 2. The number of hydrogen-bond acceptors (Lipinski definition) is 5. The van der Waals surface area contributed by atoms with Crippen LogP contribution in [0.2, 0.25) is 0 Å². The van der Waals surface area contributed by atoms with E-state index in [1.807, 2.05) is 60.7 Å². The number of amides is 1. The molecule has 0 aliphatic rings. The van der Waals surface area contributed by atoms with Gasteiger partial charge in [0.2, 0.25) is 5.12 Å². The topological polar surface area (TPSA) is 68.3 Å². The summed E-state index contributed by atoms with van der Waals surface area (Å²) in [6.45, 7) is 1.80. The Hall–Kier alpha value is -2.86. The second-order valence-corrected chi connectivity index (χ2v) is 6.73. The van der Waals surface area contributed by atoms with Crippen molar-refractivity contribution in [1.82, 2.24) is 10.3 Å². The number of nitrogens with one attached hydrogen (secondary N) is 1. The highest BCUT2D eigenvalue weighted by Gasteiger charge is 2.19. The third-order valence-corrected chi connectivity index (χ3v) is 4.81. The minimum atomic E-state index is -0.678. The first kappa shape index (κ1) is 17.9. The van der Waals surface area contributed by atoms with Crippen LogP contribution < -0.4 is 5.32 Å². The van der Waals surface area contributed by atoms with Crippen LogP contribution in [0.15, 0.2) is 71.8 Å². The van der Waals surface area contributed by atoms with E-state index in [9.17, 15) is 9.59 Å². The molecule has 0 aliphatic carbocycles. The normalized spacial score (nSPS) is 11.7. The maximum Gasteiger partial charge on any atom is 0.408 e. The third kappa shape index (κ3) is 4.61. The highest BCUT2D eigenvalue weighted by Crippen LogP contribution is 2.27. The van der Waals surface area contributed by atoms with E-state index in [-0.39, 0.29) is 11.7 Å². The van der Waals surface area contributed by atoms with Crippen molar-refractivity contribution >= 4 is 33.9 Å². The van der Waals surface area contributed by atoms with E-state index in [1.165, 1.54) is 0 Å². The van der Waals surface area contributed by atoms with Gasteiger partial charge in [0.1, 0.15) is 6.61 Å². The lowest BCUT2D eigenvalue weighted by Crippen LogP contribution is -2.37. The molecule has 0 unspecified atom stereocenters. The van der Waals surface area contributed by atoms with Crippen molar-refractivity contribution in [3.8, 4) is 0 Å². The molecule has 1 aromatic heterocycles. The van der Waals surface area contributed by atoms with Crippen molar-refractivity contribution in [2.75, 3.05) is 0 Å². The molecule has 26 heavy (non-hydrogen) atoms. The number of nitrogens with zero attached hydrogens (tertiary/aromatic N) is 1. The Bertz CT molecular complexity index is 910. The summed E-state index contributed by atoms with van der Waals surface area (Å²) in [5.74, 6) is 0. The van der Waals surface area contributed by atoms with E-state index in [0.29, 0.717) is 0 Å². The Labute approximate surface area is 155 Å². The lowest BCUT2D eigenvalue weighted by atomic mass is 10.2. The van der Waals surface area contributed by atoms with Crippen molar-refractivity contribution < 1.29 is 14.3 Å². The Morgan fingerprint density at radius 3 is 2.65 bits per heavy atom. The molecule has 0 spiro atoms. The lowest BCUT2D eigenvalue weighted by molar-refractivity contribution is -0.112. The number of aromatic nitrogens is 1. The second-order valence-electron chi connectivity index (χ2n) is 5.68. The van der Waals surface area contributed by atoms with Gasteiger partial charge >= 0.3 is 6.09 Å². The maximum atomic E-state index is 12.4. The first-order valence-electron chi connectivity index (χ1n) is 8.16. The molecule has 6 heteroatoms. The average molecular weight is 366 g/mol. The monoisotopic (exact) mass is 366 g/mol. The van der Waals surface area contributed by atoms with E-state index in [1.54, 1.807) is 13.1 Å². The number of carbonyl (C=O) groups excluding carboxylic acids is 2. The summed E-state index contributed by atoms with van der Waals surface area (Å²) < 4.78 is 5.15. The molecular weight excluding hydrogens is 348 g/mol. The number of alkyl carbamates (subject to hydrolysis) is 1. The molecule has 0 saturated carbocycles. The largest absolute Gasteiger partial charge is 0.445 e. The van der Waals surface area contributed by atoms with Crippen molar-refractivity contribution in [3.05, 3.63) is 72.4 Å². The number of hydrogen-bond donors (Lipinski definition) is 1. The summed E-state index contributed by atoms with van der Waals surface area (Å²) in [5, 5.41) is 3.35. The number of fused-ring (bicyclic) bond motifs is 1. The molecule has 1 heterocycles. The quantitative estimate of drug-likeness (QED) is 0.687. The summed E-state index contributed by atoms with van der Waals surface area (Å²) in [5.41, 5.74) is 1.66. The van der Waals surface area contributed by atoms with Gasteiger partial charge in [-0.1, -0.05) is 48.5 Å². The van der Waals surface area contributed by atoms with Gasteiger partial charge in [0.15, 0.2) is 0 Å². The molecular formula is C20H18N2O3S. The fourth-order valence-electron chi connectivity index (χ4n) is 2.36. The third-order valence-electron chi connectivity index (χ3n) is 3.71. The predicted molar refractivity (Wildman–Crippen MR) is 102 cm³/mol. The van der Waals surface area contributed by atoms with Crippen LogP contribution in [0.5, 0.6) is 0 Å². The molecule has 2 aromatic carbocycles. The molecule has 0 saturated heterocycles. The molecule has 1 atom stereocenters. The Morgan fingerprint density at radius 1 is 1.08 bits per heavy atom. The molecule has 1 amide bonds. The molecule has 0 fully saturated rings. The fourth-order valence-corrected chi connectivity index (χ4v) is 3.22. The Kier molecular flexibility index (Phi) is 5.86. The molecule has 132 valence electrons. The van der Waals surface area contributed by atoms with E-state index >= 15 is 0 Å². The van der Waals surface area contributed by atoms with E-state index < -0.39 is 12.1 Å². The van der Waals surface area contributed by atoms with Gasteiger partial charge in [0.25, 0.3) is 0 Å². The number of thioether (sulfide) groups is 1. The van der Waals surface area contributed by atoms with Crippen LogP contribution in [0.4, 0.5) is 4.79 Å². The van der Waals surface area contributed by atoms with Gasteiger partial charge in [-0.05, 0) is 36.4 Å². The van der Waals surface area contributed by atoms with Gasteiger partial charge in [0, 0.05) is 16.5 Å². The number of ether oxygens (including phenoxy) is 1. The summed E-state index contributed by atoms with van der Waals surface area (Å²) in [6, 6.07) is 18.2. The zero-order chi connectivity index (χ0) is 18.4. The van der Waals surface area contributed by atoms with Gasteiger partial charge < -0.3 is 10.1 Å². The van der Waals surface area contributed by atoms with Crippen LogP contribution >= 0.6 is 11.8 Å². The number of pyridine rings is 1. The maximum absolute atomic E-state index is 12.4. The number of para-hydroxylation sites is 1. The Balaban J connectivity index is 1.56. The van der Waals surface area contributed by atoms with Gasteiger partial charge in [-0.25, -0.2) is 4.79 Å². The zero-order valence-electron chi connectivity index (χ0n) is 14.2. The minimum Gasteiger partial charge on any atom is -0.445 e. The highest BCUT2D eigenvalue weighted by molar-refractivity contribution is 8.14. The molecule has 3 rings (SSSR count). The molecule has 0 radical (unpaired) electrons. The van der Waals surface area contributed by atoms with Crippen molar-refractivity contribution in [1.29, 1.82) is 0 Å². The first-order valence-corrected chi connectivity index (χ1v) is 8.98. The van der Waals surface area contributed by atoms with Crippen molar-refractivity contribution in [3.63, 3.8) is 0 Å². The average Bonchev–Trinajstić information content (AvgIpc) is 2.67. The van der Waals surface area contributed by atoms with Gasteiger partial charge in [-0.15, -0.1) is 0 Å². The highest BCUT2D eigenvalue weighted by atomic mass is 32.2. The number of benzene rings is 2. The summed E-state index contributed by atoms with van der Waals surface area (Å²) in [7, 11) is 0. The first-order chi connectivity index (χ1) is 12.6. The van der Waals surface area contributed by atoms with Crippen molar-refractivity contribution in [2.45, 2.75) is 24.5 Å². The Morgan fingerprint density at radius 2 is 1.85 bits per heavy atom. The van der Waals surface area contributed by atoms with E-state index in [2.05, 4.69) is 10.3 Å². The fraction of sp³-hybridized carbons (Fsp3) is 0.150.